The summed E-state index contributed by atoms with van der Waals surface area (Å²) in [4.78, 5) is 33.1. The predicted octanol–water partition coefficient (Wildman–Crippen LogP) is 3.85. The Balaban J connectivity index is 1.39. The summed E-state index contributed by atoms with van der Waals surface area (Å²) < 4.78 is 0. The molecule has 0 spiro atoms. The number of aromatic nitrogens is 1. The normalized spacial score (nSPS) is 18.0. The van der Waals surface area contributed by atoms with Gasteiger partial charge in [-0.05, 0) is 37.8 Å². The van der Waals surface area contributed by atoms with Crippen molar-refractivity contribution in [1.82, 2.24) is 20.9 Å². The molecular weight excluding hydrogens is 472 g/mol. The van der Waals surface area contributed by atoms with Gasteiger partial charge in [0.15, 0.2) is 5.13 Å². The third kappa shape index (κ3) is 6.23. The van der Waals surface area contributed by atoms with E-state index in [1.165, 1.54) is 0 Å². The molecule has 1 aliphatic carbocycles. The van der Waals surface area contributed by atoms with Crippen molar-refractivity contribution in [2.24, 2.45) is 0 Å². The Labute approximate surface area is 217 Å². The first-order valence-electron chi connectivity index (χ1n) is 12.9. The zero-order valence-electron chi connectivity index (χ0n) is 21.2. The van der Waals surface area contributed by atoms with Crippen LogP contribution in [0.15, 0.2) is 29.6 Å². The molecule has 0 radical (unpaired) electrons. The topological polar surface area (TPSA) is 110 Å². The smallest absolute Gasteiger partial charge is 0.252 e. The van der Waals surface area contributed by atoms with Crippen LogP contribution in [-0.4, -0.2) is 54.1 Å². The highest BCUT2D eigenvalue weighted by atomic mass is 32.1. The molecule has 2 amide bonds. The standard InChI is InChI=1S/C27H36N6O2S/c1-19(2)30-22-10-16-33(17-11-22)26-31-23(18-36-26)20-6-8-21(9-7-20)24(34)32-27(12-4-3-5-13-27)25(35)29-15-14-28/h6-9,18-19,22,30H,3-5,10-13,15-17H2,1-2H3,(H,29,35)(H,32,34). The molecular formula is C27H36N6O2S. The number of piperidine rings is 1. The molecule has 2 fully saturated rings. The minimum atomic E-state index is -0.952. The van der Waals surface area contributed by atoms with Gasteiger partial charge in [0.1, 0.15) is 12.1 Å². The first kappa shape index (κ1) is 26.1. The van der Waals surface area contributed by atoms with Gasteiger partial charge in [-0.1, -0.05) is 45.2 Å². The van der Waals surface area contributed by atoms with Gasteiger partial charge in [0, 0.05) is 41.7 Å². The van der Waals surface area contributed by atoms with Crippen LogP contribution in [0.2, 0.25) is 0 Å². The van der Waals surface area contributed by atoms with E-state index in [4.69, 9.17) is 10.2 Å². The number of nitrogens with one attached hydrogen (secondary N) is 3. The van der Waals surface area contributed by atoms with E-state index in [0.29, 0.717) is 30.5 Å². The van der Waals surface area contributed by atoms with E-state index in [2.05, 4.69) is 40.1 Å². The predicted molar refractivity (Wildman–Crippen MR) is 143 cm³/mol. The SMILES string of the molecule is CC(C)NC1CCN(c2nc(-c3ccc(C(=O)NC4(C(=O)NCC#N)CCCCC4)cc3)cs2)CC1. The summed E-state index contributed by atoms with van der Waals surface area (Å²) in [6, 6.07) is 10.4. The maximum absolute atomic E-state index is 13.1. The zero-order chi connectivity index (χ0) is 25.5. The fourth-order valence-electron chi connectivity index (χ4n) is 5.19. The number of benzene rings is 1. The van der Waals surface area contributed by atoms with Gasteiger partial charge in [0.2, 0.25) is 5.91 Å². The van der Waals surface area contributed by atoms with Crippen LogP contribution in [0.1, 0.15) is 69.2 Å². The van der Waals surface area contributed by atoms with E-state index < -0.39 is 5.54 Å². The van der Waals surface area contributed by atoms with Crippen LogP contribution in [0, 0.1) is 11.3 Å². The van der Waals surface area contributed by atoms with Crippen LogP contribution in [-0.2, 0) is 4.79 Å². The zero-order valence-corrected chi connectivity index (χ0v) is 22.0. The van der Waals surface area contributed by atoms with E-state index in [1.807, 2.05) is 18.2 Å². The highest BCUT2D eigenvalue weighted by Crippen LogP contribution is 2.31. The van der Waals surface area contributed by atoms with Crippen molar-refractivity contribution < 1.29 is 9.59 Å². The van der Waals surface area contributed by atoms with E-state index in [0.717, 1.165) is 61.6 Å². The van der Waals surface area contributed by atoms with Crippen LogP contribution in [0.5, 0.6) is 0 Å². The molecule has 0 unspecified atom stereocenters. The molecule has 2 aromatic rings. The molecule has 1 aliphatic heterocycles. The number of carbonyl (C=O) groups is 2. The second-order valence-electron chi connectivity index (χ2n) is 10.1. The third-order valence-electron chi connectivity index (χ3n) is 7.09. The fourth-order valence-corrected chi connectivity index (χ4v) is 6.07. The average Bonchev–Trinajstić information content (AvgIpc) is 3.38. The molecule has 1 saturated carbocycles. The lowest BCUT2D eigenvalue weighted by atomic mass is 9.80. The number of anilines is 1. The number of thiazole rings is 1. The van der Waals surface area contributed by atoms with Gasteiger partial charge in [-0.2, -0.15) is 5.26 Å². The lowest BCUT2D eigenvalue weighted by molar-refractivity contribution is -0.128. The first-order valence-corrected chi connectivity index (χ1v) is 13.8. The van der Waals surface area contributed by atoms with Gasteiger partial charge < -0.3 is 20.9 Å². The van der Waals surface area contributed by atoms with Crippen molar-refractivity contribution in [3.8, 4) is 17.3 Å². The Morgan fingerprint density at radius 3 is 2.50 bits per heavy atom. The fraction of sp³-hybridized carbons (Fsp3) is 0.556. The molecule has 0 atom stereocenters. The van der Waals surface area contributed by atoms with Crippen molar-refractivity contribution in [3.63, 3.8) is 0 Å². The van der Waals surface area contributed by atoms with Gasteiger partial charge in [0.05, 0.1) is 11.8 Å². The average molecular weight is 509 g/mol. The van der Waals surface area contributed by atoms with E-state index >= 15 is 0 Å². The lowest BCUT2D eigenvalue weighted by Gasteiger charge is -2.36. The molecule has 36 heavy (non-hydrogen) atoms. The quantitative estimate of drug-likeness (QED) is 0.467. The maximum atomic E-state index is 13.1. The van der Waals surface area contributed by atoms with Crippen molar-refractivity contribution in [2.45, 2.75) is 76.4 Å². The van der Waals surface area contributed by atoms with Crippen LogP contribution >= 0.6 is 11.3 Å². The summed E-state index contributed by atoms with van der Waals surface area (Å²) in [5.41, 5.74) is 1.42. The van der Waals surface area contributed by atoms with Crippen LogP contribution in [0.4, 0.5) is 5.13 Å². The summed E-state index contributed by atoms with van der Waals surface area (Å²) in [5, 5.41) is 21.2. The van der Waals surface area contributed by atoms with Crippen LogP contribution in [0.25, 0.3) is 11.3 Å². The van der Waals surface area contributed by atoms with E-state index in [-0.39, 0.29) is 18.4 Å². The molecule has 1 aromatic carbocycles. The molecule has 8 nitrogen and oxygen atoms in total. The number of nitrogens with zero attached hydrogens (tertiary/aromatic N) is 3. The number of nitriles is 1. The molecule has 1 aromatic heterocycles. The van der Waals surface area contributed by atoms with E-state index in [1.54, 1.807) is 23.5 Å². The lowest BCUT2D eigenvalue weighted by Crippen LogP contribution is -2.59. The Bertz CT molecular complexity index is 1080. The Morgan fingerprint density at radius 2 is 1.86 bits per heavy atom. The summed E-state index contributed by atoms with van der Waals surface area (Å²) in [6.07, 6.45) is 6.19. The number of amides is 2. The molecule has 1 saturated heterocycles. The van der Waals surface area contributed by atoms with Crippen LogP contribution in [0.3, 0.4) is 0 Å². The largest absolute Gasteiger partial charge is 0.348 e. The third-order valence-corrected chi connectivity index (χ3v) is 7.99. The van der Waals surface area contributed by atoms with E-state index in [9.17, 15) is 9.59 Å². The summed E-state index contributed by atoms with van der Waals surface area (Å²) in [6.45, 7) is 6.32. The number of hydrogen-bond donors (Lipinski definition) is 3. The molecule has 2 heterocycles. The molecule has 0 bridgehead atoms. The van der Waals surface area contributed by atoms with Crippen molar-refractivity contribution in [2.75, 3.05) is 24.5 Å². The first-order chi connectivity index (χ1) is 17.4. The van der Waals surface area contributed by atoms with Gasteiger partial charge in [-0.3, -0.25) is 9.59 Å². The van der Waals surface area contributed by atoms with Crippen molar-refractivity contribution in [3.05, 3.63) is 35.2 Å². The number of rotatable bonds is 8. The molecule has 3 N–H and O–H groups in total. The highest BCUT2D eigenvalue weighted by Gasteiger charge is 2.40. The summed E-state index contributed by atoms with van der Waals surface area (Å²) in [5.74, 6) is -0.542. The minimum absolute atomic E-state index is 0.0619. The molecule has 4 rings (SSSR count). The Kier molecular flexibility index (Phi) is 8.60. The van der Waals surface area contributed by atoms with Crippen molar-refractivity contribution in [1.29, 1.82) is 5.26 Å². The van der Waals surface area contributed by atoms with Gasteiger partial charge in [-0.15, -0.1) is 11.3 Å². The van der Waals surface area contributed by atoms with Gasteiger partial charge in [-0.25, -0.2) is 4.98 Å². The van der Waals surface area contributed by atoms with Crippen LogP contribution < -0.4 is 20.9 Å². The van der Waals surface area contributed by atoms with Crippen molar-refractivity contribution >= 4 is 28.3 Å². The highest BCUT2D eigenvalue weighted by molar-refractivity contribution is 7.14. The molecule has 2 aliphatic rings. The number of carbonyl (C=O) groups excluding carboxylic acids is 2. The Morgan fingerprint density at radius 1 is 1.17 bits per heavy atom. The molecule has 9 heteroatoms. The van der Waals surface area contributed by atoms with Gasteiger partial charge >= 0.3 is 0 Å². The summed E-state index contributed by atoms with van der Waals surface area (Å²) >= 11 is 1.66. The second kappa shape index (κ2) is 11.8. The maximum Gasteiger partial charge on any atom is 0.252 e. The molecule has 192 valence electrons. The second-order valence-corrected chi connectivity index (χ2v) is 10.9. The van der Waals surface area contributed by atoms with Gasteiger partial charge in [0.25, 0.3) is 5.91 Å². The minimum Gasteiger partial charge on any atom is -0.348 e. The Hall–Kier alpha value is -2.96. The summed E-state index contributed by atoms with van der Waals surface area (Å²) in [7, 11) is 0. The monoisotopic (exact) mass is 508 g/mol. The number of hydrogen-bond acceptors (Lipinski definition) is 7.